The number of unbranched alkanes of at least 4 members (excludes halogenated alkanes) is 19. The first-order chi connectivity index (χ1) is 17.2. The van der Waals surface area contributed by atoms with Crippen molar-refractivity contribution < 1.29 is 0 Å². The molecule has 0 aliphatic carbocycles. The topological polar surface area (TPSA) is 17.8 Å². The minimum absolute atomic E-state index is 0.591. The van der Waals surface area contributed by atoms with Gasteiger partial charge >= 0.3 is 0 Å². The molecule has 0 aliphatic heterocycles. The second kappa shape index (κ2) is 23.6. The molecule has 2 unspecified atom stereocenters. The molecule has 0 N–H and O–H groups in total. The molecule has 1 aromatic rings. The molecule has 2 nitrogen and oxygen atoms in total. The standard InChI is InChI=1S/C33H64N2/c1-5-8-10-12-14-16-17-18-20-22-24-26-28-32(7-3)33-34-29-30-35(33)31(4)27-25-23-21-19-15-13-11-9-6-2/h29-32H,5-28H2,1-4H3. The lowest BCUT2D eigenvalue weighted by molar-refractivity contribution is 0.425. The van der Waals surface area contributed by atoms with Crippen molar-refractivity contribution >= 4 is 0 Å². The van der Waals surface area contributed by atoms with Crippen molar-refractivity contribution in [2.75, 3.05) is 0 Å². The quantitative estimate of drug-likeness (QED) is 0.118. The maximum atomic E-state index is 4.84. The summed E-state index contributed by atoms with van der Waals surface area (Å²) in [5, 5.41) is 0. The van der Waals surface area contributed by atoms with Gasteiger partial charge in [-0.2, -0.15) is 0 Å². The van der Waals surface area contributed by atoms with E-state index in [4.69, 9.17) is 4.98 Å². The molecule has 35 heavy (non-hydrogen) atoms. The largest absolute Gasteiger partial charge is 0.332 e. The number of aromatic nitrogens is 2. The zero-order valence-corrected chi connectivity index (χ0v) is 24.7. The van der Waals surface area contributed by atoms with Gasteiger partial charge in [-0.15, -0.1) is 0 Å². The number of hydrogen-bond donors (Lipinski definition) is 0. The lowest BCUT2D eigenvalue weighted by atomic mass is 9.96. The summed E-state index contributed by atoms with van der Waals surface area (Å²) in [4.78, 5) is 4.84. The van der Waals surface area contributed by atoms with E-state index in [0.29, 0.717) is 12.0 Å². The summed E-state index contributed by atoms with van der Waals surface area (Å²) < 4.78 is 2.51. The molecular weight excluding hydrogens is 424 g/mol. The Bertz CT molecular complexity index is 549. The number of imidazole rings is 1. The number of hydrogen-bond acceptors (Lipinski definition) is 1. The molecule has 0 spiro atoms. The van der Waals surface area contributed by atoms with Gasteiger partial charge in [-0.05, 0) is 26.2 Å². The Labute approximate surface area is 221 Å². The second-order valence-corrected chi connectivity index (χ2v) is 11.4. The lowest BCUT2D eigenvalue weighted by Crippen LogP contribution is -2.12. The van der Waals surface area contributed by atoms with Gasteiger partial charge in [0.2, 0.25) is 0 Å². The molecule has 0 bridgehead atoms. The SMILES string of the molecule is CCCCCCCCCCCCCCC(CC)c1nccn1C(C)CCCCCCCCCCC. The van der Waals surface area contributed by atoms with E-state index in [1.165, 1.54) is 160 Å². The molecule has 0 aromatic carbocycles. The van der Waals surface area contributed by atoms with Crippen molar-refractivity contribution in [3.8, 4) is 0 Å². The predicted octanol–water partition coefficient (Wildman–Crippen LogP) is 11.9. The van der Waals surface area contributed by atoms with Crippen LogP contribution in [0.1, 0.15) is 200 Å². The van der Waals surface area contributed by atoms with E-state index in [2.05, 4.69) is 38.5 Å². The molecule has 0 saturated heterocycles. The molecular formula is C33H64N2. The summed E-state index contributed by atoms with van der Waals surface area (Å²) in [6.45, 7) is 9.37. The first-order valence-corrected chi connectivity index (χ1v) is 16.3. The molecule has 1 heterocycles. The summed E-state index contributed by atoms with van der Waals surface area (Å²) in [6.07, 6.45) is 38.0. The van der Waals surface area contributed by atoms with Crippen molar-refractivity contribution in [3.63, 3.8) is 0 Å². The maximum absolute atomic E-state index is 4.84. The van der Waals surface area contributed by atoms with E-state index in [0.717, 1.165) is 0 Å². The van der Waals surface area contributed by atoms with Crippen LogP contribution in [-0.2, 0) is 0 Å². The normalized spacial score (nSPS) is 13.4. The highest BCUT2D eigenvalue weighted by Crippen LogP contribution is 2.28. The molecule has 2 atom stereocenters. The molecule has 0 fully saturated rings. The van der Waals surface area contributed by atoms with Crippen molar-refractivity contribution in [1.82, 2.24) is 9.55 Å². The second-order valence-electron chi connectivity index (χ2n) is 11.4. The Morgan fingerprint density at radius 2 is 0.971 bits per heavy atom. The van der Waals surface area contributed by atoms with Crippen molar-refractivity contribution in [2.45, 2.75) is 194 Å². The van der Waals surface area contributed by atoms with Crippen LogP contribution in [0.2, 0.25) is 0 Å². The highest BCUT2D eigenvalue weighted by atomic mass is 15.1. The van der Waals surface area contributed by atoms with E-state index in [9.17, 15) is 0 Å². The maximum Gasteiger partial charge on any atom is 0.111 e. The molecule has 0 amide bonds. The van der Waals surface area contributed by atoms with Crippen molar-refractivity contribution in [3.05, 3.63) is 18.2 Å². The summed E-state index contributed by atoms with van der Waals surface area (Å²) >= 11 is 0. The number of rotatable bonds is 26. The van der Waals surface area contributed by atoms with Gasteiger partial charge in [0.25, 0.3) is 0 Å². The zero-order chi connectivity index (χ0) is 25.4. The third kappa shape index (κ3) is 16.6. The Balaban J connectivity index is 2.15. The van der Waals surface area contributed by atoms with Crippen LogP contribution in [0.5, 0.6) is 0 Å². The van der Waals surface area contributed by atoms with Crippen LogP contribution < -0.4 is 0 Å². The molecule has 2 heteroatoms. The smallest absolute Gasteiger partial charge is 0.111 e. The third-order valence-electron chi connectivity index (χ3n) is 8.16. The minimum Gasteiger partial charge on any atom is -0.332 e. The summed E-state index contributed by atoms with van der Waals surface area (Å²) in [7, 11) is 0. The zero-order valence-electron chi connectivity index (χ0n) is 24.7. The van der Waals surface area contributed by atoms with Gasteiger partial charge in [0.05, 0.1) is 0 Å². The van der Waals surface area contributed by atoms with Crippen LogP contribution in [0.15, 0.2) is 12.4 Å². The Morgan fingerprint density at radius 3 is 1.40 bits per heavy atom. The fraction of sp³-hybridized carbons (Fsp3) is 0.909. The van der Waals surface area contributed by atoms with Gasteiger partial charge < -0.3 is 4.57 Å². The summed E-state index contributed by atoms with van der Waals surface area (Å²) in [5.74, 6) is 2.00. The molecule has 206 valence electrons. The average Bonchev–Trinajstić information content (AvgIpc) is 3.36. The minimum atomic E-state index is 0.591. The van der Waals surface area contributed by atoms with E-state index < -0.39 is 0 Å². The summed E-state index contributed by atoms with van der Waals surface area (Å²) in [6, 6.07) is 0.591. The van der Waals surface area contributed by atoms with Gasteiger partial charge in [-0.25, -0.2) is 4.98 Å². The van der Waals surface area contributed by atoms with Crippen LogP contribution in [0.4, 0.5) is 0 Å². The monoisotopic (exact) mass is 489 g/mol. The molecule has 0 aliphatic rings. The van der Waals surface area contributed by atoms with Crippen LogP contribution in [0, 0.1) is 0 Å². The van der Waals surface area contributed by atoms with Gasteiger partial charge in [-0.1, -0.05) is 156 Å². The van der Waals surface area contributed by atoms with Crippen LogP contribution in [0.3, 0.4) is 0 Å². The Morgan fingerprint density at radius 1 is 0.571 bits per heavy atom. The summed E-state index contributed by atoms with van der Waals surface area (Å²) in [5.41, 5.74) is 0. The number of nitrogens with zero attached hydrogens (tertiary/aromatic N) is 2. The molecule has 0 saturated carbocycles. The predicted molar refractivity (Wildman–Crippen MR) is 158 cm³/mol. The average molecular weight is 489 g/mol. The van der Waals surface area contributed by atoms with Crippen LogP contribution in [-0.4, -0.2) is 9.55 Å². The van der Waals surface area contributed by atoms with Crippen molar-refractivity contribution in [1.29, 1.82) is 0 Å². The first-order valence-electron chi connectivity index (χ1n) is 16.3. The molecule has 1 aromatic heterocycles. The van der Waals surface area contributed by atoms with E-state index in [1.54, 1.807) is 0 Å². The highest BCUT2D eigenvalue weighted by Gasteiger charge is 2.17. The van der Waals surface area contributed by atoms with E-state index in [1.807, 2.05) is 6.20 Å². The van der Waals surface area contributed by atoms with Gasteiger partial charge in [0, 0.05) is 24.4 Å². The van der Waals surface area contributed by atoms with E-state index in [-0.39, 0.29) is 0 Å². The first kappa shape index (κ1) is 32.2. The lowest BCUT2D eigenvalue weighted by Gasteiger charge is -2.21. The fourth-order valence-corrected chi connectivity index (χ4v) is 5.65. The van der Waals surface area contributed by atoms with Gasteiger partial charge in [-0.3, -0.25) is 0 Å². The van der Waals surface area contributed by atoms with Gasteiger partial charge in [0.15, 0.2) is 0 Å². The van der Waals surface area contributed by atoms with Crippen molar-refractivity contribution in [2.24, 2.45) is 0 Å². The fourth-order valence-electron chi connectivity index (χ4n) is 5.65. The van der Waals surface area contributed by atoms with Gasteiger partial charge in [0.1, 0.15) is 5.82 Å². The Hall–Kier alpha value is -0.790. The molecule has 0 radical (unpaired) electrons. The van der Waals surface area contributed by atoms with Crippen LogP contribution in [0.25, 0.3) is 0 Å². The highest BCUT2D eigenvalue weighted by molar-refractivity contribution is 5.02. The molecule has 1 rings (SSSR count). The van der Waals surface area contributed by atoms with Crippen LogP contribution >= 0.6 is 0 Å². The Kier molecular flexibility index (Phi) is 21.7. The van der Waals surface area contributed by atoms with E-state index >= 15 is 0 Å². The third-order valence-corrected chi connectivity index (χ3v) is 8.16.